The number of nitrogens with one attached hydrogen (secondary N) is 2. The first kappa shape index (κ1) is 12.5. The van der Waals surface area contributed by atoms with Crippen molar-refractivity contribution in [2.75, 3.05) is 13.1 Å². The quantitative estimate of drug-likeness (QED) is 0.849. The first-order valence-corrected chi connectivity index (χ1v) is 6.00. The number of amides is 1. The molecule has 1 aliphatic heterocycles. The molecule has 5 heteroatoms. The fourth-order valence-corrected chi connectivity index (χ4v) is 2.07. The van der Waals surface area contributed by atoms with Gasteiger partial charge in [0.25, 0.3) is 0 Å². The maximum atomic E-state index is 13.1. The van der Waals surface area contributed by atoms with E-state index in [4.69, 9.17) is 5.41 Å². The van der Waals surface area contributed by atoms with Gasteiger partial charge in [-0.25, -0.2) is 4.39 Å². The van der Waals surface area contributed by atoms with Crippen molar-refractivity contribution in [3.05, 3.63) is 35.1 Å². The van der Waals surface area contributed by atoms with Gasteiger partial charge >= 0.3 is 0 Å². The number of halogens is 1. The second-order valence-electron chi connectivity index (χ2n) is 4.28. The number of nitrogens with zero attached hydrogens (tertiary/aromatic N) is 1. The Labute approximate surface area is 105 Å². The molecule has 2 rings (SSSR count). The fraction of sp³-hybridized carbons (Fsp3) is 0.385. The maximum Gasteiger partial charge on any atom is 0.221 e. The van der Waals surface area contributed by atoms with Gasteiger partial charge < -0.3 is 10.2 Å². The molecule has 96 valence electrons. The van der Waals surface area contributed by atoms with Crippen molar-refractivity contribution in [1.82, 2.24) is 10.2 Å². The lowest BCUT2D eigenvalue weighted by atomic mass is 10.1. The molecule has 1 amide bonds. The minimum Gasteiger partial charge on any atom is -0.356 e. The van der Waals surface area contributed by atoms with E-state index in [-0.39, 0.29) is 11.7 Å². The van der Waals surface area contributed by atoms with Crippen LogP contribution in [-0.4, -0.2) is 29.7 Å². The summed E-state index contributed by atoms with van der Waals surface area (Å²) in [4.78, 5) is 13.2. The number of rotatable bonds is 4. The van der Waals surface area contributed by atoms with E-state index in [9.17, 15) is 9.18 Å². The van der Waals surface area contributed by atoms with Crippen LogP contribution in [0.25, 0.3) is 0 Å². The lowest BCUT2D eigenvalue weighted by Gasteiger charge is -2.17. The summed E-state index contributed by atoms with van der Waals surface area (Å²) in [6.45, 7) is 3.55. The summed E-state index contributed by atoms with van der Waals surface area (Å²) in [6.07, 6.45) is 0.354. The number of carbonyl (C=O) groups is 1. The monoisotopic (exact) mass is 249 g/mol. The Morgan fingerprint density at radius 1 is 1.56 bits per heavy atom. The van der Waals surface area contributed by atoms with Crippen LogP contribution in [0.15, 0.2) is 18.2 Å². The molecular formula is C13H16FN3O. The first-order chi connectivity index (χ1) is 8.61. The van der Waals surface area contributed by atoms with Crippen LogP contribution < -0.4 is 5.32 Å². The standard InChI is InChI=1S/C13H16FN3O/c1-2-16-12(18)5-6-17-8-9-3-4-10(14)7-11(9)13(17)15/h3-4,7,15H,2,5-6,8H2,1H3,(H,16,18). The van der Waals surface area contributed by atoms with E-state index in [1.165, 1.54) is 12.1 Å². The molecule has 0 saturated heterocycles. The van der Waals surface area contributed by atoms with Crippen LogP contribution in [0.1, 0.15) is 24.5 Å². The van der Waals surface area contributed by atoms with Crippen molar-refractivity contribution in [3.8, 4) is 0 Å². The Bertz CT molecular complexity index is 487. The number of hydrogen-bond donors (Lipinski definition) is 2. The lowest BCUT2D eigenvalue weighted by Crippen LogP contribution is -2.31. The highest BCUT2D eigenvalue weighted by Crippen LogP contribution is 2.23. The zero-order chi connectivity index (χ0) is 13.1. The van der Waals surface area contributed by atoms with Crippen molar-refractivity contribution in [2.24, 2.45) is 0 Å². The minimum atomic E-state index is -0.330. The Morgan fingerprint density at radius 2 is 2.33 bits per heavy atom. The van der Waals surface area contributed by atoms with E-state index in [2.05, 4.69) is 5.32 Å². The Hall–Kier alpha value is -1.91. The van der Waals surface area contributed by atoms with Crippen LogP contribution in [0, 0.1) is 11.2 Å². The van der Waals surface area contributed by atoms with Gasteiger partial charge in [0.15, 0.2) is 0 Å². The fourth-order valence-electron chi connectivity index (χ4n) is 2.07. The SMILES string of the molecule is CCNC(=O)CCN1Cc2ccc(F)cc2C1=N. The molecule has 1 aromatic rings. The molecule has 2 N–H and O–H groups in total. The Morgan fingerprint density at radius 3 is 3.06 bits per heavy atom. The predicted octanol–water partition coefficient (Wildman–Crippen LogP) is 1.49. The summed E-state index contributed by atoms with van der Waals surface area (Å²) >= 11 is 0. The molecule has 1 aromatic carbocycles. The van der Waals surface area contributed by atoms with Crippen molar-refractivity contribution in [1.29, 1.82) is 5.41 Å². The van der Waals surface area contributed by atoms with Crippen molar-refractivity contribution < 1.29 is 9.18 Å². The van der Waals surface area contributed by atoms with Crippen LogP contribution in [0.2, 0.25) is 0 Å². The smallest absolute Gasteiger partial charge is 0.221 e. The van der Waals surface area contributed by atoms with Gasteiger partial charge in [0.1, 0.15) is 11.7 Å². The van der Waals surface area contributed by atoms with Gasteiger partial charge in [-0.3, -0.25) is 10.2 Å². The maximum absolute atomic E-state index is 13.1. The highest BCUT2D eigenvalue weighted by atomic mass is 19.1. The second-order valence-corrected chi connectivity index (χ2v) is 4.28. The highest BCUT2D eigenvalue weighted by Gasteiger charge is 2.24. The molecule has 0 aromatic heterocycles. The summed E-state index contributed by atoms with van der Waals surface area (Å²) in [6, 6.07) is 4.48. The molecule has 0 radical (unpaired) electrons. The Balaban J connectivity index is 1.99. The van der Waals surface area contributed by atoms with Crippen LogP contribution >= 0.6 is 0 Å². The molecule has 0 bridgehead atoms. The third kappa shape index (κ3) is 2.50. The molecule has 18 heavy (non-hydrogen) atoms. The zero-order valence-corrected chi connectivity index (χ0v) is 10.3. The molecule has 0 fully saturated rings. The van der Waals surface area contributed by atoms with Gasteiger partial charge in [0.2, 0.25) is 5.91 Å². The number of benzene rings is 1. The van der Waals surface area contributed by atoms with Gasteiger partial charge in [0.05, 0.1) is 0 Å². The summed E-state index contributed by atoms with van der Waals surface area (Å²) in [7, 11) is 0. The van der Waals surface area contributed by atoms with Crippen LogP contribution in [0.3, 0.4) is 0 Å². The Kier molecular flexibility index (Phi) is 3.60. The number of hydrogen-bond acceptors (Lipinski definition) is 2. The number of fused-ring (bicyclic) bond motifs is 1. The molecule has 1 heterocycles. The third-order valence-electron chi connectivity index (χ3n) is 2.99. The summed E-state index contributed by atoms with van der Waals surface area (Å²) in [5, 5.41) is 10.7. The van der Waals surface area contributed by atoms with Crippen molar-refractivity contribution >= 4 is 11.7 Å². The van der Waals surface area contributed by atoms with Gasteiger partial charge in [-0.15, -0.1) is 0 Å². The topological polar surface area (TPSA) is 56.2 Å². The second kappa shape index (κ2) is 5.16. The van der Waals surface area contributed by atoms with Gasteiger partial charge in [0, 0.05) is 31.6 Å². The van der Waals surface area contributed by atoms with E-state index in [1.54, 1.807) is 11.0 Å². The molecule has 0 atom stereocenters. The molecule has 0 unspecified atom stereocenters. The lowest BCUT2D eigenvalue weighted by molar-refractivity contribution is -0.121. The summed E-state index contributed by atoms with van der Waals surface area (Å²) in [5.74, 6) is -0.0506. The number of carbonyl (C=O) groups excluding carboxylic acids is 1. The van der Waals surface area contributed by atoms with E-state index in [1.807, 2.05) is 6.92 Å². The molecule has 0 saturated carbocycles. The summed E-state index contributed by atoms with van der Waals surface area (Å²) < 4.78 is 13.1. The average molecular weight is 249 g/mol. The van der Waals surface area contributed by atoms with Gasteiger partial charge in [-0.05, 0) is 24.6 Å². The van der Waals surface area contributed by atoms with Crippen LogP contribution in [0.5, 0.6) is 0 Å². The third-order valence-corrected chi connectivity index (χ3v) is 2.99. The van der Waals surface area contributed by atoms with E-state index in [0.717, 1.165) is 5.56 Å². The molecule has 0 aliphatic carbocycles. The summed E-state index contributed by atoms with van der Waals surface area (Å²) in [5.41, 5.74) is 1.57. The normalized spacial score (nSPS) is 13.7. The highest BCUT2D eigenvalue weighted by molar-refractivity contribution is 6.00. The first-order valence-electron chi connectivity index (χ1n) is 6.00. The molecular weight excluding hydrogens is 233 g/mol. The minimum absolute atomic E-state index is 0.0209. The van der Waals surface area contributed by atoms with E-state index >= 15 is 0 Å². The predicted molar refractivity (Wildman–Crippen MR) is 66.9 cm³/mol. The zero-order valence-electron chi connectivity index (χ0n) is 10.3. The molecule has 4 nitrogen and oxygen atoms in total. The van der Waals surface area contributed by atoms with Crippen LogP contribution in [0.4, 0.5) is 4.39 Å². The van der Waals surface area contributed by atoms with E-state index < -0.39 is 0 Å². The van der Waals surface area contributed by atoms with Gasteiger partial charge in [-0.2, -0.15) is 0 Å². The van der Waals surface area contributed by atoms with Crippen LogP contribution in [-0.2, 0) is 11.3 Å². The van der Waals surface area contributed by atoms with E-state index in [0.29, 0.717) is 37.5 Å². The molecule has 0 spiro atoms. The molecule has 1 aliphatic rings. The number of amidine groups is 1. The average Bonchev–Trinajstić information content (AvgIpc) is 2.64. The largest absolute Gasteiger partial charge is 0.356 e. The van der Waals surface area contributed by atoms with Crippen molar-refractivity contribution in [3.63, 3.8) is 0 Å². The van der Waals surface area contributed by atoms with Gasteiger partial charge in [-0.1, -0.05) is 6.07 Å². The van der Waals surface area contributed by atoms with Crippen molar-refractivity contribution in [2.45, 2.75) is 19.9 Å².